The second kappa shape index (κ2) is 12.7. The number of likely N-dealkylation sites (N-methyl/N-ethyl adjacent to an activating group) is 1. The first kappa shape index (κ1) is 28.8. The number of nitrogens with zero attached hydrogens (tertiary/aromatic N) is 3. The summed E-state index contributed by atoms with van der Waals surface area (Å²) in [6.45, 7) is 5.11. The number of fused-ring (bicyclic) bond motifs is 1. The molecule has 1 aliphatic rings. The smallest absolute Gasteiger partial charge is 0.238 e. The van der Waals surface area contributed by atoms with Crippen LogP contribution in [-0.2, 0) is 28.6 Å². The molecule has 0 saturated heterocycles. The Labute approximate surface area is 234 Å². The van der Waals surface area contributed by atoms with Crippen LogP contribution in [0, 0.1) is 0 Å². The number of benzene rings is 3. The van der Waals surface area contributed by atoms with Crippen LogP contribution in [0.15, 0.2) is 88.7 Å². The summed E-state index contributed by atoms with van der Waals surface area (Å²) in [5.74, 6) is 2.18. The van der Waals surface area contributed by atoms with Gasteiger partial charge in [0.25, 0.3) is 0 Å². The Hall–Kier alpha value is -3.75. The minimum atomic E-state index is -0.418. The number of aliphatic hydroxyl groups excluding tert-OH is 1. The molecular weight excluding hydrogens is 525 g/mol. The normalized spacial score (nSPS) is 17.9. The largest absolute Gasteiger partial charge is 0.497 e. The fraction of sp³-hybridized carbons (Fsp3) is 0.267. The molecule has 0 aliphatic carbocycles. The maximum Gasteiger partial charge on any atom is 0.238 e. The van der Waals surface area contributed by atoms with Crippen LogP contribution >= 0.6 is 0 Å². The number of ether oxygens (including phenoxy) is 3. The molecule has 0 fully saturated rings. The zero-order valence-electron chi connectivity index (χ0n) is 22.3. The van der Waals surface area contributed by atoms with Gasteiger partial charge in [0, 0.05) is 51.8 Å². The van der Waals surface area contributed by atoms with Gasteiger partial charge in [-0.1, -0.05) is 24.3 Å². The van der Waals surface area contributed by atoms with E-state index in [-0.39, 0.29) is 22.7 Å². The topological polar surface area (TPSA) is 75.9 Å². The van der Waals surface area contributed by atoms with Crippen molar-refractivity contribution in [2.75, 3.05) is 32.8 Å². The molecule has 1 heterocycles. The Bertz CT molecular complexity index is 1340. The molecule has 0 spiro atoms. The molecule has 1 aliphatic heterocycles. The van der Waals surface area contributed by atoms with E-state index in [1.807, 2.05) is 48.5 Å². The van der Waals surface area contributed by atoms with E-state index in [1.54, 1.807) is 39.7 Å². The summed E-state index contributed by atoms with van der Waals surface area (Å²) in [7, 11) is 5.00. The van der Waals surface area contributed by atoms with Gasteiger partial charge in [0.15, 0.2) is 0 Å². The number of methoxy groups -OCH3 is 3. The predicted octanol–water partition coefficient (Wildman–Crippen LogP) is 5.92. The number of hydrogen-bond acceptors (Lipinski definition) is 6. The van der Waals surface area contributed by atoms with E-state index in [0.29, 0.717) is 12.0 Å². The molecule has 1 N–H and O–H groups in total. The molecule has 3 aromatic rings. The van der Waals surface area contributed by atoms with Crippen LogP contribution < -0.4 is 19.1 Å². The molecule has 0 aromatic heterocycles. The maximum atomic E-state index is 10.3. The second-order valence-electron chi connectivity index (χ2n) is 8.92. The standard InChI is InChI=1S/C30H33N3O4.Co/c1-6-33-26-15-14-23(35-3)18-25(26)30(2,20-22-12-13-24(36-4)19-27(22)37-5)28(33)16-17-31-32-29(34)21-10-8-7-9-11-21;/h7-19H,6,20H2,1-5H3,(H,32,34);/b28-16-,31-17+;. The monoisotopic (exact) mass is 558 g/mol. The number of rotatable bonds is 9. The van der Waals surface area contributed by atoms with Crippen molar-refractivity contribution in [1.82, 2.24) is 0 Å². The van der Waals surface area contributed by atoms with E-state index in [4.69, 9.17) is 14.2 Å². The van der Waals surface area contributed by atoms with Crippen molar-refractivity contribution < 1.29 is 36.1 Å². The quantitative estimate of drug-likeness (QED) is 0.200. The summed E-state index contributed by atoms with van der Waals surface area (Å²) >= 11 is 0. The van der Waals surface area contributed by atoms with Gasteiger partial charge < -0.3 is 24.2 Å². The van der Waals surface area contributed by atoms with E-state index in [2.05, 4.69) is 41.1 Å². The third kappa shape index (κ3) is 5.71. The van der Waals surface area contributed by atoms with Crippen LogP contribution in [0.4, 0.5) is 5.69 Å². The fourth-order valence-electron chi connectivity index (χ4n) is 4.90. The summed E-state index contributed by atoms with van der Waals surface area (Å²) in [6, 6.07) is 21.2. The Morgan fingerprint density at radius 1 is 0.947 bits per heavy atom. The molecule has 1 unspecified atom stereocenters. The first-order valence-corrected chi connectivity index (χ1v) is 12.2. The number of hydrogen-bond donors (Lipinski definition) is 1. The molecule has 201 valence electrons. The van der Waals surface area contributed by atoms with Crippen LogP contribution in [0.5, 0.6) is 17.2 Å². The molecule has 7 nitrogen and oxygen atoms in total. The average Bonchev–Trinajstić information content (AvgIpc) is 3.17. The van der Waals surface area contributed by atoms with E-state index in [1.165, 1.54) is 0 Å². The fourth-order valence-corrected chi connectivity index (χ4v) is 4.90. The van der Waals surface area contributed by atoms with Crippen LogP contribution in [0.25, 0.3) is 0 Å². The van der Waals surface area contributed by atoms with Gasteiger partial charge in [0.2, 0.25) is 5.90 Å². The molecular formula is C30H33CoN3O4. The van der Waals surface area contributed by atoms with Gasteiger partial charge in [0.1, 0.15) is 17.2 Å². The van der Waals surface area contributed by atoms with E-state index in [9.17, 15) is 5.11 Å². The van der Waals surface area contributed by atoms with Gasteiger partial charge in [-0.25, -0.2) is 0 Å². The van der Waals surface area contributed by atoms with Crippen molar-refractivity contribution in [3.8, 4) is 17.2 Å². The van der Waals surface area contributed by atoms with Gasteiger partial charge in [-0.2, -0.15) is 5.10 Å². The summed E-state index contributed by atoms with van der Waals surface area (Å²) in [5, 5.41) is 18.4. The molecule has 8 heteroatoms. The maximum absolute atomic E-state index is 10.3. The van der Waals surface area contributed by atoms with Gasteiger partial charge in [0.05, 0.1) is 27.5 Å². The molecule has 0 amide bonds. The first-order valence-electron chi connectivity index (χ1n) is 12.2. The van der Waals surface area contributed by atoms with Crippen molar-refractivity contribution in [2.24, 2.45) is 10.2 Å². The molecule has 3 aromatic carbocycles. The van der Waals surface area contributed by atoms with Crippen LogP contribution in [0.2, 0.25) is 0 Å². The van der Waals surface area contributed by atoms with Crippen molar-refractivity contribution in [1.29, 1.82) is 0 Å². The molecule has 4 rings (SSSR count). The van der Waals surface area contributed by atoms with E-state index >= 15 is 0 Å². The summed E-state index contributed by atoms with van der Waals surface area (Å²) < 4.78 is 16.7. The Kier molecular flexibility index (Phi) is 9.60. The molecule has 38 heavy (non-hydrogen) atoms. The summed E-state index contributed by atoms with van der Waals surface area (Å²) in [6.07, 6.45) is 4.27. The average molecular weight is 559 g/mol. The predicted molar refractivity (Wildman–Crippen MR) is 149 cm³/mol. The van der Waals surface area contributed by atoms with Gasteiger partial charge in [-0.15, -0.1) is 5.10 Å². The van der Waals surface area contributed by atoms with E-state index < -0.39 is 5.41 Å². The van der Waals surface area contributed by atoms with Crippen LogP contribution in [-0.4, -0.2) is 45.1 Å². The molecule has 1 radical (unpaired) electrons. The minimum Gasteiger partial charge on any atom is -0.497 e. The van der Waals surface area contributed by atoms with Crippen LogP contribution in [0.3, 0.4) is 0 Å². The first-order chi connectivity index (χ1) is 17.9. The molecule has 1 atom stereocenters. The van der Waals surface area contributed by atoms with Gasteiger partial charge in [-0.3, -0.25) is 0 Å². The molecule has 0 bridgehead atoms. The van der Waals surface area contributed by atoms with E-state index in [0.717, 1.165) is 46.3 Å². The summed E-state index contributed by atoms with van der Waals surface area (Å²) in [5.41, 5.74) is 4.59. The third-order valence-corrected chi connectivity index (χ3v) is 6.78. The third-order valence-electron chi connectivity index (χ3n) is 6.78. The SMILES string of the molecule is CCN1\C(=C/C=N/N=C(\O)c2ccccc2)C(C)(Cc2ccc(OC)cc2OC)c2cc(OC)ccc21.[Co]. The Morgan fingerprint density at radius 3 is 2.29 bits per heavy atom. The van der Waals surface area contributed by atoms with Crippen molar-refractivity contribution in [2.45, 2.75) is 25.7 Å². The zero-order chi connectivity index (χ0) is 26.4. The Morgan fingerprint density at radius 2 is 1.63 bits per heavy atom. The minimum absolute atomic E-state index is 0. The second-order valence-corrected chi connectivity index (χ2v) is 8.92. The zero-order valence-corrected chi connectivity index (χ0v) is 23.3. The number of allylic oxidation sites excluding steroid dienone is 2. The number of anilines is 1. The van der Waals surface area contributed by atoms with Crippen LogP contribution in [0.1, 0.15) is 30.5 Å². The van der Waals surface area contributed by atoms with Crippen molar-refractivity contribution >= 4 is 17.8 Å². The molecule has 0 saturated carbocycles. The van der Waals surface area contributed by atoms with Gasteiger partial charge in [-0.05, 0) is 73.9 Å². The summed E-state index contributed by atoms with van der Waals surface area (Å²) in [4.78, 5) is 2.28. The number of aliphatic hydroxyl groups is 1. The van der Waals surface area contributed by atoms with Gasteiger partial charge >= 0.3 is 0 Å². The van der Waals surface area contributed by atoms with Crippen molar-refractivity contribution in [3.05, 3.63) is 95.2 Å². The Balaban J connectivity index is 0.00000400. The van der Waals surface area contributed by atoms with Crippen molar-refractivity contribution in [3.63, 3.8) is 0 Å².